The lowest BCUT2D eigenvalue weighted by molar-refractivity contribution is 0.0688. The first kappa shape index (κ1) is 8.86. The van der Waals surface area contributed by atoms with Crippen molar-refractivity contribution in [2.75, 3.05) is 0 Å². The molecule has 5 heteroatoms. The Kier molecular flexibility index (Phi) is 2.23. The molecule has 0 spiro atoms. The molecule has 2 N–H and O–H groups in total. The van der Waals surface area contributed by atoms with Gasteiger partial charge in [0.1, 0.15) is 17.1 Å². The number of rotatable bonds is 1. The molecule has 0 radical (unpaired) electrons. The summed E-state index contributed by atoms with van der Waals surface area (Å²) in [7, 11) is 0. The summed E-state index contributed by atoms with van der Waals surface area (Å²) < 4.78 is 12.8. The van der Waals surface area contributed by atoms with Gasteiger partial charge < -0.3 is 10.2 Å². The van der Waals surface area contributed by atoms with Crippen molar-refractivity contribution >= 4 is 18.6 Å². The third kappa shape index (κ3) is 1.50. The van der Waals surface area contributed by atoms with Crippen LogP contribution in [0.4, 0.5) is 4.39 Å². The Labute approximate surface area is 72.9 Å². The van der Waals surface area contributed by atoms with E-state index < -0.39 is 17.3 Å². The van der Waals surface area contributed by atoms with Gasteiger partial charge in [-0.2, -0.15) is 0 Å². The van der Waals surface area contributed by atoms with Gasteiger partial charge in [-0.15, -0.1) is 12.6 Å². The highest BCUT2D eigenvalue weighted by molar-refractivity contribution is 7.80. The van der Waals surface area contributed by atoms with E-state index in [2.05, 4.69) is 12.6 Å². The van der Waals surface area contributed by atoms with Crippen molar-refractivity contribution < 1.29 is 19.4 Å². The van der Waals surface area contributed by atoms with Crippen molar-refractivity contribution in [1.29, 1.82) is 0 Å². The largest absolute Gasteiger partial charge is 0.508 e. The minimum Gasteiger partial charge on any atom is -0.508 e. The van der Waals surface area contributed by atoms with Crippen molar-refractivity contribution in [3.63, 3.8) is 0 Å². The molecule has 0 amide bonds. The van der Waals surface area contributed by atoms with E-state index >= 15 is 0 Å². The topological polar surface area (TPSA) is 57.5 Å². The number of hydrogen-bond acceptors (Lipinski definition) is 3. The first-order chi connectivity index (χ1) is 5.52. The molecule has 12 heavy (non-hydrogen) atoms. The molecule has 1 aromatic rings. The molecule has 0 aliphatic heterocycles. The summed E-state index contributed by atoms with van der Waals surface area (Å²) in [5.41, 5.74) is -0.531. The molecule has 1 aromatic carbocycles. The molecule has 64 valence electrons. The fraction of sp³-hybridized carbons (Fsp3) is 0. The van der Waals surface area contributed by atoms with Crippen LogP contribution >= 0.6 is 12.6 Å². The molecule has 0 heterocycles. The average molecular weight is 188 g/mol. The molecule has 0 bridgehead atoms. The Balaban J connectivity index is 3.38. The van der Waals surface area contributed by atoms with Gasteiger partial charge in [0.25, 0.3) is 0 Å². The summed E-state index contributed by atoms with van der Waals surface area (Å²) >= 11 is 3.70. The number of hydrogen-bond donors (Lipinski definition) is 3. The second-order valence-electron chi connectivity index (χ2n) is 2.13. The molecular weight excluding hydrogens is 183 g/mol. The summed E-state index contributed by atoms with van der Waals surface area (Å²) in [6, 6.07) is 1.79. The van der Waals surface area contributed by atoms with E-state index in [4.69, 9.17) is 10.2 Å². The Bertz CT molecular complexity index is 314. The Morgan fingerprint density at radius 3 is 2.50 bits per heavy atom. The average Bonchev–Trinajstić information content (AvgIpc) is 1.82. The van der Waals surface area contributed by atoms with Crippen LogP contribution in [0.5, 0.6) is 5.75 Å². The maximum absolute atomic E-state index is 12.8. The zero-order valence-corrected chi connectivity index (χ0v) is 6.68. The van der Waals surface area contributed by atoms with Gasteiger partial charge in [-0.1, -0.05) is 0 Å². The summed E-state index contributed by atoms with van der Waals surface area (Å²) in [5, 5.41) is 17.3. The lowest BCUT2D eigenvalue weighted by Gasteiger charge is -2.01. The maximum atomic E-state index is 12.8. The molecule has 3 nitrogen and oxygen atoms in total. The number of phenolic OH excluding ortho intramolecular Hbond substituents is 1. The highest BCUT2D eigenvalue weighted by Crippen LogP contribution is 2.23. The van der Waals surface area contributed by atoms with Gasteiger partial charge in [-0.3, -0.25) is 0 Å². The zero-order valence-electron chi connectivity index (χ0n) is 5.78. The minimum atomic E-state index is -1.41. The van der Waals surface area contributed by atoms with Gasteiger partial charge in [0.15, 0.2) is 0 Å². The lowest BCUT2D eigenvalue weighted by Crippen LogP contribution is -2.01. The SMILES string of the molecule is O=C(O)c1c(F)cc(O)cc1S. The number of halogens is 1. The van der Waals surface area contributed by atoms with E-state index in [0.29, 0.717) is 0 Å². The standard InChI is InChI=1S/C7H5FO3S/c8-4-1-3(9)2-5(12)6(4)7(10)11/h1-2,9,12H,(H,10,11). The smallest absolute Gasteiger partial charge is 0.339 e. The van der Waals surface area contributed by atoms with E-state index in [1.807, 2.05) is 0 Å². The highest BCUT2D eigenvalue weighted by atomic mass is 32.1. The van der Waals surface area contributed by atoms with E-state index in [-0.39, 0.29) is 10.6 Å². The normalized spacial score (nSPS) is 9.83. The van der Waals surface area contributed by atoms with Gasteiger partial charge in [-0.05, 0) is 6.07 Å². The first-order valence-electron chi connectivity index (χ1n) is 2.97. The predicted molar refractivity (Wildman–Crippen MR) is 42.3 cm³/mol. The molecule has 0 aromatic heterocycles. The van der Waals surface area contributed by atoms with Crippen molar-refractivity contribution in [3.8, 4) is 5.75 Å². The van der Waals surface area contributed by atoms with Crippen LogP contribution in [-0.4, -0.2) is 16.2 Å². The van der Waals surface area contributed by atoms with Crippen molar-refractivity contribution in [3.05, 3.63) is 23.5 Å². The second kappa shape index (κ2) is 3.02. The molecule has 0 saturated heterocycles. The molecule has 0 aliphatic carbocycles. The fourth-order valence-electron chi connectivity index (χ4n) is 0.790. The molecule has 0 aliphatic rings. The molecule has 0 fully saturated rings. The van der Waals surface area contributed by atoms with Crippen LogP contribution in [0.2, 0.25) is 0 Å². The van der Waals surface area contributed by atoms with Crippen LogP contribution in [0.15, 0.2) is 17.0 Å². The lowest BCUT2D eigenvalue weighted by atomic mass is 10.2. The number of thiol groups is 1. The molecule has 0 atom stereocenters. The molecule has 1 rings (SSSR count). The van der Waals surface area contributed by atoms with Crippen LogP contribution in [0, 0.1) is 5.82 Å². The summed E-state index contributed by atoms with van der Waals surface area (Å²) in [4.78, 5) is 10.3. The third-order valence-electron chi connectivity index (χ3n) is 1.27. The van der Waals surface area contributed by atoms with Crippen molar-refractivity contribution in [2.24, 2.45) is 0 Å². The number of phenols is 1. The summed E-state index contributed by atoms with van der Waals surface area (Å²) in [6.07, 6.45) is 0. The third-order valence-corrected chi connectivity index (χ3v) is 1.62. The minimum absolute atomic E-state index is 0.0972. The van der Waals surface area contributed by atoms with E-state index in [0.717, 1.165) is 12.1 Å². The number of aromatic hydroxyl groups is 1. The van der Waals surface area contributed by atoms with E-state index in [9.17, 15) is 9.18 Å². The van der Waals surface area contributed by atoms with Gasteiger partial charge >= 0.3 is 5.97 Å². The van der Waals surface area contributed by atoms with Crippen LogP contribution in [-0.2, 0) is 0 Å². The highest BCUT2D eigenvalue weighted by Gasteiger charge is 2.14. The molecular formula is C7H5FO3S. The molecule has 0 unspecified atom stereocenters. The van der Waals surface area contributed by atoms with Crippen LogP contribution < -0.4 is 0 Å². The number of carboxylic acid groups (broad SMARTS) is 1. The Morgan fingerprint density at radius 2 is 2.08 bits per heavy atom. The van der Waals surface area contributed by atoms with Gasteiger partial charge in [0, 0.05) is 11.0 Å². The molecule has 0 saturated carbocycles. The monoisotopic (exact) mass is 188 g/mol. The number of carboxylic acids is 1. The fourth-order valence-corrected chi connectivity index (χ4v) is 1.12. The van der Waals surface area contributed by atoms with E-state index in [1.165, 1.54) is 0 Å². The number of benzene rings is 1. The second-order valence-corrected chi connectivity index (χ2v) is 2.61. The predicted octanol–water partition coefficient (Wildman–Crippen LogP) is 1.52. The first-order valence-corrected chi connectivity index (χ1v) is 3.42. The van der Waals surface area contributed by atoms with Gasteiger partial charge in [0.2, 0.25) is 0 Å². The number of carbonyl (C=O) groups is 1. The maximum Gasteiger partial charge on any atom is 0.339 e. The van der Waals surface area contributed by atoms with E-state index in [1.54, 1.807) is 0 Å². The summed E-state index contributed by atoms with van der Waals surface area (Å²) in [6.45, 7) is 0. The van der Waals surface area contributed by atoms with Crippen LogP contribution in [0.1, 0.15) is 10.4 Å². The van der Waals surface area contributed by atoms with Gasteiger partial charge in [0.05, 0.1) is 0 Å². The van der Waals surface area contributed by atoms with Crippen LogP contribution in [0.3, 0.4) is 0 Å². The van der Waals surface area contributed by atoms with Crippen molar-refractivity contribution in [2.45, 2.75) is 4.90 Å². The van der Waals surface area contributed by atoms with Crippen molar-refractivity contribution in [1.82, 2.24) is 0 Å². The Morgan fingerprint density at radius 1 is 1.50 bits per heavy atom. The zero-order chi connectivity index (χ0) is 9.30. The Hall–Kier alpha value is -1.23. The van der Waals surface area contributed by atoms with Crippen LogP contribution in [0.25, 0.3) is 0 Å². The quantitative estimate of drug-likeness (QED) is 0.585. The number of aromatic carboxylic acids is 1. The summed E-state index contributed by atoms with van der Waals surface area (Å²) in [5.74, 6) is -2.74. The van der Waals surface area contributed by atoms with Gasteiger partial charge in [-0.25, -0.2) is 9.18 Å².